The second-order valence-electron chi connectivity index (χ2n) is 7.42. The van der Waals surface area contributed by atoms with E-state index in [0.717, 1.165) is 11.3 Å². The number of ether oxygens (including phenoxy) is 1. The average molecular weight is 518 g/mol. The van der Waals surface area contributed by atoms with Crippen LogP contribution in [0.5, 0.6) is 0 Å². The second-order valence-corrected chi connectivity index (χ2v) is 10.8. The van der Waals surface area contributed by atoms with E-state index in [1.54, 1.807) is 32.3 Å². The molecule has 0 saturated carbocycles. The number of alkyl halides is 3. The highest BCUT2D eigenvalue weighted by atomic mass is 32.2. The van der Waals surface area contributed by atoms with Crippen LogP contribution < -0.4 is 5.73 Å². The fourth-order valence-corrected chi connectivity index (χ4v) is 4.51. The Bertz CT molecular complexity index is 1170. The molecule has 12 heteroatoms. The Morgan fingerprint density at radius 3 is 2.56 bits per heavy atom. The number of carbonyl (C=O) groups excluding carboxylic acids is 1. The van der Waals surface area contributed by atoms with Crippen LogP contribution in [0.15, 0.2) is 58.1 Å². The molecular weight excluding hydrogens is 491 g/mol. The van der Waals surface area contributed by atoms with Crippen molar-refractivity contribution in [2.45, 2.75) is 18.0 Å². The maximum Gasteiger partial charge on any atom is 0.430 e. The number of nitrogens with two attached hydrogens (primary N) is 1. The Morgan fingerprint density at radius 2 is 1.94 bits per heavy atom. The molecule has 1 heterocycles. The van der Waals surface area contributed by atoms with Crippen molar-refractivity contribution in [3.8, 4) is 10.4 Å². The molecule has 0 aliphatic rings. The molecule has 0 amide bonds. The van der Waals surface area contributed by atoms with Crippen LogP contribution in [-0.2, 0) is 19.4 Å². The number of aliphatic imine (C=N–C) groups is 1. The highest BCUT2D eigenvalue weighted by molar-refractivity contribution is 7.91. The molecule has 186 valence electrons. The van der Waals surface area contributed by atoms with Crippen molar-refractivity contribution in [1.29, 1.82) is 0 Å². The van der Waals surface area contributed by atoms with Crippen LogP contribution in [0.3, 0.4) is 0 Å². The van der Waals surface area contributed by atoms with Crippen LogP contribution in [0.2, 0.25) is 0 Å². The molecule has 1 aromatic heterocycles. The van der Waals surface area contributed by atoms with Gasteiger partial charge in [-0.3, -0.25) is 9.79 Å². The monoisotopic (exact) mass is 517 g/mol. The van der Waals surface area contributed by atoms with Gasteiger partial charge in [0.2, 0.25) is 0 Å². The fraction of sp³-hybridized carbons (Fsp3) is 0.364. The van der Waals surface area contributed by atoms with Crippen molar-refractivity contribution < 1.29 is 31.1 Å². The SMILES string of the molecule is CCS(=O)(=O)c1cccc(-c2ccc(C(C=C(N)C(F)(F)F)=NCC(=O)OCCN(C)C)s2)c1. The van der Waals surface area contributed by atoms with Crippen molar-refractivity contribution in [2.75, 3.05) is 39.5 Å². The molecule has 0 radical (unpaired) electrons. The van der Waals surface area contributed by atoms with Gasteiger partial charge in [-0.15, -0.1) is 11.3 Å². The summed E-state index contributed by atoms with van der Waals surface area (Å²) >= 11 is 1.10. The van der Waals surface area contributed by atoms with E-state index in [-0.39, 0.29) is 23.0 Å². The summed E-state index contributed by atoms with van der Waals surface area (Å²) < 4.78 is 68.5. The molecule has 2 rings (SSSR count). The smallest absolute Gasteiger partial charge is 0.430 e. The maximum atomic E-state index is 13.0. The van der Waals surface area contributed by atoms with Crippen LogP contribution in [0, 0.1) is 0 Å². The first-order valence-corrected chi connectivity index (χ1v) is 12.6. The lowest BCUT2D eigenvalue weighted by Gasteiger charge is -2.09. The Hall–Kier alpha value is -2.70. The molecule has 0 saturated heterocycles. The number of nitrogens with zero attached hydrogens (tertiary/aromatic N) is 2. The fourth-order valence-electron chi connectivity index (χ4n) is 2.60. The van der Waals surface area contributed by atoms with Gasteiger partial charge in [0.25, 0.3) is 0 Å². The van der Waals surface area contributed by atoms with Gasteiger partial charge < -0.3 is 15.4 Å². The van der Waals surface area contributed by atoms with Crippen molar-refractivity contribution in [2.24, 2.45) is 10.7 Å². The maximum absolute atomic E-state index is 13.0. The van der Waals surface area contributed by atoms with E-state index in [4.69, 9.17) is 10.5 Å². The second kappa shape index (κ2) is 11.6. The summed E-state index contributed by atoms with van der Waals surface area (Å²) in [6, 6.07) is 9.46. The first-order valence-electron chi connectivity index (χ1n) is 10.2. The van der Waals surface area contributed by atoms with Gasteiger partial charge in [0.1, 0.15) is 18.8 Å². The number of carbonyl (C=O) groups is 1. The third-order valence-corrected chi connectivity index (χ3v) is 7.40. The molecule has 1 aromatic carbocycles. The van der Waals surface area contributed by atoms with Crippen molar-refractivity contribution in [1.82, 2.24) is 4.90 Å². The lowest BCUT2D eigenvalue weighted by atomic mass is 10.2. The van der Waals surface area contributed by atoms with Gasteiger partial charge in [-0.05, 0) is 50.0 Å². The molecular formula is C22H26F3N3O4S2. The van der Waals surface area contributed by atoms with E-state index in [1.165, 1.54) is 25.1 Å². The predicted octanol–water partition coefficient (Wildman–Crippen LogP) is 3.51. The van der Waals surface area contributed by atoms with Crippen molar-refractivity contribution >= 4 is 32.9 Å². The molecule has 0 unspecified atom stereocenters. The summed E-state index contributed by atoms with van der Waals surface area (Å²) in [6.45, 7) is 1.67. The number of likely N-dealkylation sites (N-methyl/N-ethyl adjacent to an activating group) is 1. The third-order valence-electron chi connectivity index (χ3n) is 4.52. The number of esters is 1. The third kappa shape index (κ3) is 7.96. The van der Waals surface area contributed by atoms with Crippen molar-refractivity contribution in [3.63, 3.8) is 0 Å². The summed E-state index contributed by atoms with van der Waals surface area (Å²) in [7, 11) is 0.178. The molecule has 0 aliphatic carbocycles. The molecule has 2 aromatic rings. The van der Waals surface area contributed by atoms with Crippen LogP contribution >= 0.6 is 11.3 Å². The van der Waals surface area contributed by atoms with E-state index in [1.807, 2.05) is 4.90 Å². The largest absolute Gasteiger partial charge is 0.463 e. The average Bonchev–Trinajstić information content (AvgIpc) is 3.25. The molecule has 0 aliphatic heterocycles. The summed E-state index contributed by atoms with van der Waals surface area (Å²) in [5.74, 6) is -0.748. The Labute approximate surface area is 200 Å². The summed E-state index contributed by atoms with van der Waals surface area (Å²) in [5, 5.41) is 0. The number of rotatable bonds is 10. The van der Waals surface area contributed by atoms with E-state index < -0.39 is 34.2 Å². The van der Waals surface area contributed by atoms with E-state index in [0.29, 0.717) is 27.9 Å². The molecule has 7 nitrogen and oxygen atoms in total. The summed E-state index contributed by atoms with van der Waals surface area (Å²) in [4.78, 5) is 18.9. The van der Waals surface area contributed by atoms with Crippen LogP contribution in [0.25, 0.3) is 10.4 Å². The van der Waals surface area contributed by atoms with Crippen LogP contribution in [0.1, 0.15) is 11.8 Å². The van der Waals surface area contributed by atoms with Gasteiger partial charge in [-0.2, -0.15) is 13.2 Å². The zero-order valence-corrected chi connectivity index (χ0v) is 20.6. The highest BCUT2D eigenvalue weighted by Crippen LogP contribution is 2.31. The number of halogens is 3. The number of benzene rings is 1. The topological polar surface area (TPSA) is 102 Å². The molecule has 0 atom stereocenters. The Kier molecular flexibility index (Phi) is 9.42. The molecule has 2 N–H and O–H groups in total. The highest BCUT2D eigenvalue weighted by Gasteiger charge is 2.32. The zero-order valence-electron chi connectivity index (χ0n) is 18.9. The van der Waals surface area contributed by atoms with Crippen LogP contribution in [0.4, 0.5) is 13.2 Å². The van der Waals surface area contributed by atoms with Gasteiger partial charge in [-0.25, -0.2) is 8.42 Å². The summed E-state index contributed by atoms with van der Waals surface area (Å²) in [6.07, 6.45) is -4.10. The summed E-state index contributed by atoms with van der Waals surface area (Å²) in [5.41, 5.74) is 4.27. The Morgan fingerprint density at radius 1 is 1.24 bits per heavy atom. The van der Waals surface area contributed by atoms with Crippen molar-refractivity contribution in [3.05, 3.63) is 53.0 Å². The normalized spacial score (nSPS) is 13.4. The molecule has 0 fully saturated rings. The van der Waals surface area contributed by atoms with Gasteiger partial charge in [-0.1, -0.05) is 19.1 Å². The number of sulfone groups is 1. The molecule has 34 heavy (non-hydrogen) atoms. The van der Waals surface area contributed by atoms with Crippen LogP contribution in [-0.4, -0.2) is 70.7 Å². The zero-order chi connectivity index (χ0) is 25.5. The first kappa shape index (κ1) is 27.5. The van der Waals surface area contributed by atoms with Gasteiger partial charge >= 0.3 is 12.1 Å². The predicted molar refractivity (Wildman–Crippen MR) is 127 cm³/mol. The first-order chi connectivity index (χ1) is 15.8. The minimum absolute atomic E-state index is 0.0604. The number of hydrogen-bond donors (Lipinski definition) is 1. The van der Waals surface area contributed by atoms with E-state index in [2.05, 4.69) is 4.99 Å². The number of hydrogen-bond acceptors (Lipinski definition) is 8. The van der Waals surface area contributed by atoms with E-state index in [9.17, 15) is 26.4 Å². The Balaban J connectivity index is 2.36. The lowest BCUT2D eigenvalue weighted by molar-refractivity contribution is -0.142. The minimum Gasteiger partial charge on any atom is -0.463 e. The van der Waals surface area contributed by atoms with Gasteiger partial charge in [0, 0.05) is 11.4 Å². The standard InChI is InChI=1S/C22H26F3N3O4S2/c1-4-34(30,31)16-7-5-6-15(12-16)18-8-9-19(33-18)17(13-20(26)22(23,24)25)27-14-21(29)32-11-10-28(2)3/h5-9,12-13H,4,10-11,14,26H2,1-3H3. The molecule has 0 bridgehead atoms. The number of thiophene rings is 1. The molecule has 0 spiro atoms. The lowest BCUT2D eigenvalue weighted by Crippen LogP contribution is -2.22. The quantitative estimate of drug-likeness (QED) is 0.382. The van der Waals surface area contributed by atoms with E-state index >= 15 is 0 Å². The van der Waals surface area contributed by atoms with Gasteiger partial charge in [0.15, 0.2) is 9.84 Å². The number of allylic oxidation sites excluding steroid dienone is 2. The van der Waals surface area contributed by atoms with Gasteiger partial charge in [0.05, 0.1) is 21.2 Å². The minimum atomic E-state index is -4.77.